The van der Waals surface area contributed by atoms with Crippen LogP contribution in [0.5, 0.6) is 11.5 Å². The summed E-state index contributed by atoms with van der Waals surface area (Å²) in [7, 11) is 0. The molecular weight excluding hydrogens is 394 g/mol. The molecule has 2 aromatic carbocycles. The number of benzene rings is 2. The van der Waals surface area contributed by atoms with Gasteiger partial charge >= 0.3 is 0 Å². The van der Waals surface area contributed by atoms with Gasteiger partial charge in [0.15, 0.2) is 12.2 Å². The molecule has 1 aliphatic rings. The average molecular weight is 424 g/mol. The van der Waals surface area contributed by atoms with Gasteiger partial charge in [0.2, 0.25) is 0 Å². The topological polar surface area (TPSA) is 91.0 Å². The first kappa shape index (κ1) is 21.2. The van der Waals surface area contributed by atoms with Crippen LogP contribution in [0.25, 0.3) is 22.6 Å². The molecule has 0 unspecified atom stereocenters. The molecule has 7 nitrogen and oxygen atoms in total. The lowest BCUT2D eigenvalue weighted by Crippen LogP contribution is -2.38. The lowest BCUT2D eigenvalue weighted by molar-refractivity contribution is 0.0398. The minimum absolute atomic E-state index is 0.0292. The third kappa shape index (κ3) is 4.84. The zero-order chi connectivity index (χ0) is 21.8. The van der Waals surface area contributed by atoms with Gasteiger partial charge in [-0.05, 0) is 41.8 Å². The number of oxazole rings is 1. The molecule has 7 heteroatoms. The Morgan fingerprint density at radius 1 is 1.06 bits per heavy atom. The summed E-state index contributed by atoms with van der Waals surface area (Å²) in [6.45, 7) is 9.42. The minimum Gasteiger partial charge on any atom is -0.508 e. The Morgan fingerprint density at radius 3 is 2.52 bits per heavy atom. The normalized spacial score (nSPS) is 14.8. The average Bonchev–Trinajstić information content (AvgIpc) is 3.24. The number of anilines is 1. The summed E-state index contributed by atoms with van der Waals surface area (Å²) in [4.78, 5) is 6.73. The van der Waals surface area contributed by atoms with Crippen LogP contribution in [0, 0.1) is 0 Å². The zero-order valence-corrected chi connectivity index (χ0v) is 18.0. The number of nitrogens with one attached hydrogen (secondary N) is 1. The van der Waals surface area contributed by atoms with Crippen molar-refractivity contribution < 1.29 is 19.4 Å². The van der Waals surface area contributed by atoms with E-state index < -0.39 is 0 Å². The monoisotopic (exact) mass is 423 g/mol. The van der Waals surface area contributed by atoms with E-state index in [9.17, 15) is 10.2 Å². The number of morpholine rings is 1. The highest BCUT2D eigenvalue weighted by Gasteiger charge is 2.19. The third-order valence-electron chi connectivity index (χ3n) is 5.60. The van der Waals surface area contributed by atoms with Gasteiger partial charge < -0.3 is 24.7 Å². The Hall–Kier alpha value is -3.03. The highest BCUT2D eigenvalue weighted by atomic mass is 16.5. The van der Waals surface area contributed by atoms with Gasteiger partial charge in [-0.1, -0.05) is 13.8 Å². The van der Waals surface area contributed by atoms with Crippen molar-refractivity contribution in [1.29, 1.82) is 0 Å². The van der Waals surface area contributed by atoms with E-state index in [4.69, 9.17) is 9.15 Å². The second-order valence-corrected chi connectivity index (χ2v) is 8.07. The molecule has 3 N–H and O–H groups in total. The van der Waals surface area contributed by atoms with Gasteiger partial charge in [0.1, 0.15) is 17.2 Å². The van der Waals surface area contributed by atoms with E-state index in [1.54, 1.807) is 6.07 Å². The Morgan fingerprint density at radius 2 is 1.81 bits per heavy atom. The first-order valence-corrected chi connectivity index (χ1v) is 10.7. The predicted octanol–water partition coefficient (Wildman–Crippen LogP) is 4.29. The van der Waals surface area contributed by atoms with Crippen molar-refractivity contribution in [2.45, 2.75) is 19.8 Å². The van der Waals surface area contributed by atoms with Crippen LogP contribution < -0.4 is 5.32 Å². The molecule has 3 aromatic rings. The Labute approximate surface area is 182 Å². The summed E-state index contributed by atoms with van der Waals surface area (Å²) in [5.74, 6) is 0.736. The van der Waals surface area contributed by atoms with Crippen LogP contribution in [-0.4, -0.2) is 59.5 Å². The molecule has 0 aliphatic carbocycles. The van der Waals surface area contributed by atoms with Gasteiger partial charge in [-0.25, -0.2) is 4.98 Å². The number of rotatable bonds is 7. The number of aromatic nitrogens is 1. The maximum Gasteiger partial charge on any atom is 0.182 e. The SMILES string of the molecule is CC(C)c1cc(-c2ncoc2-c2ccc(NCCN3CCOCC3)cc2)c(O)cc1O. The molecule has 0 atom stereocenters. The second kappa shape index (κ2) is 9.41. The van der Waals surface area contributed by atoms with Gasteiger partial charge in [0.25, 0.3) is 0 Å². The Kier molecular flexibility index (Phi) is 6.44. The van der Waals surface area contributed by atoms with Crippen LogP contribution in [0.15, 0.2) is 47.2 Å². The largest absolute Gasteiger partial charge is 0.508 e. The van der Waals surface area contributed by atoms with E-state index in [2.05, 4.69) is 15.2 Å². The van der Waals surface area contributed by atoms with Crippen LogP contribution in [0.3, 0.4) is 0 Å². The van der Waals surface area contributed by atoms with E-state index >= 15 is 0 Å². The van der Waals surface area contributed by atoms with Gasteiger partial charge in [-0.2, -0.15) is 0 Å². The number of nitrogens with zero attached hydrogens (tertiary/aromatic N) is 2. The highest BCUT2D eigenvalue weighted by Crippen LogP contribution is 2.41. The summed E-state index contributed by atoms with van der Waals surface area (Å²) in [5, 5.41) is 24.0. The van der Waals surface area contributed by atoms with Gasteiger partial charge in [-0.3, -0.25) is 4.90 Å². The van der Waals surface area contributed by atoms with Gasteiger partial charge in [0, 0.05) is 49.1 Å². The van der Waals surface area contributed by atoms with Crippen molar-refractivity contribution in [2.75, 3.05) is 44.7 Å². The van der Waals surface area contributed by atoms with E-state index in [1.807, 2.05) is 38.1 Å². The molecule has 0 saturated carbocycles. The number of ether oxygens (including phenoxy) is 1. The molecule has 0 spiro atoms. The number of hydrogen-bond acceptors (Lipinski definition) is 7. The summed E-state index contributed by atoms with van der Waals surface area (Å²) < 4.78 is 11.0. The van der Waals surface area contributed by atoms with Crippen LogP contribution in [0.2, 0.25) is 0 Å². The summed E-state index contributed by atoms with van der Waals surface area (Å²) >= 11 is 0. The fraction of sp³-hybridized carbons (Fsp3) is 0.375. The smallest absolute Gasteiger partial charge is 0.182 e. The van der Waals surface area contributed by atoms with E-state index in [-0.39, 0.29) is 17.4 Å². The molecule has 1 aliphatic heterocycles. The molecule has 164 valence electrons. The molecule has 2 heterocycles. The number of phenolic OH excluding ortho intramolecular Hbond substituents is 2. The minimum atomic E-state index is -0.0292. The molecule has 31 heavy (non-hydrogen) atoms. The number of hydrogen-bond donors (Lipinski definition) is 3. The Balaban J connectivity index is 1.49. The molecule has 1 fully saturated rings. The summed E-state index contributed by atoms with van der Waals surface area (Å²) in [6, 6.07) is 11.1. The van der Waals surface area contributed by atoms with Crippen LogP contribution >= 0.6 is 0 Å². The van der Waals surface area contributed by atoms with E-state index in [1.165, 1.54) is 12.5 Å². The van der Waals surface area contributed by atoms with Gasteiger partial charge in [-0.15, -0.1) is 0 Å². The van der Waals surface area contributed by atoms with Crippen molar-refractivity contribution >= 4 is 5.69 Å². The zero-order valence-electron chi connectivity index (χ0n) is 18.0. The van der Waals surface area contributed by atoms with E-state index in [0.29, 0.717) is 17.0 Å². The number of phenols is 2. The number of aromatic hydroxyl groups is 2. The fourth-order valence-corrected chi connectivity index (χ4v) is 3.81. The second-order valence-electron chi connectivity index (χ2n) is 8.07. The lowest BCUT2D eigenvalue weighted by atomic mass is 9.96. The molecule has 1 saturated heterocycles. The molecule has 0 amide bonds. The fourth-order valence-electron chi connectivity index (χ4n) is 3.81. The van der Waals surface area contributed by atoms with Crippen molar-refractivity contribution in [3.63, 3.8) is 0 Å². The molecule has 0 bridgehead atoms. The van der Waals surface area contributed by atoms with Crippen LogP contribution in [-0.2, 0) is 4.74 Å². The van der Waals surface area contributed by atoms with Crippen molar-refractivity contribution in [3.8, 4) is 34.1 Å². The first-order valence-electron chi connectivity index (χ1n) is 10.7. The quantitative estimate of drug-likeness (QED) is 0.522. The van der Waals surface area contributed by atoms with Crippen molar-refractivity contribution in [2.24, 2.45) is 0 Å². The maximum atomic E-state index is 10.4. The van der Waals surface area contributed by atoms with Gasteiger partial charge in [0.05, 0.1) is 13.2 Å². The summed E-state index contributed by atoms with van der Waals surface area (Å²) in [5.41, 5.74) is 3.74. The predicted molar refractivity (Wildman–Crippen MR) is 121 cm³/mol. The lowest BCUT2D eigenvalue weighted by Gasteiger charge is -2.26. The van der Waals surface area contributed by atoms with Crippen molar-refractivity contribution in [3.05, 3.63) is 48.4 Å². The van der Waals surface area contributed by atoms with Crippen molar-refractivity contribution in [1.82, 2.24) is 9.88 Å². The molecular formula is C24H29N3O4. The third-order valence-corrected chi connectivity index (χ3v) is 5.60. The maximum absolute atomic E-state index is 10.4. The highest BCUT2D eigenvalue weighted by molar-refractivity contribution is 5.81. The van der Waals surface area contributed by atoms with Crippen LogP contribution in [0.4, 0.5) is 5.69 Å². The molecule has 0 radical (unpaired) electrons. The van der Waals surface area contributed by atoms with E-state index in [0.717, 1.165) is 56.2 Å². The van der Waals surface area contributed by atoms with Crippen LogP contribution in [0.1, 0.15) is 25.3 Å². The standard InChI is InChI=1S/C24H29N3O4/c1-16(2)19-13-20(22(29)14-21(19)28)23-24(31-15-26-23)17-3-5-18(6-4-17)25-7-8-27-9-11-30-12-10-27/h3-6,13-16,25,28-29H,7-12H2,1-2H3. The Bertz CT molecular complexity index is 1010. The summed E-state index contributed by atoms with van der Waals surface area (Å²) in [6.07, 6.45) is 1.38. The molecule has 1 aromatic heterocycles. The molecule has 4 rings (SSSR count). The first-order chi connectivity index (χ1) is 15.0.